The molecule has 4 rings (SSSR count). The number of fused-ring (bicyclic) bond motifs is 1. The minimum atomic E-state index is -3.77. The van der Waals surface area contributed by atoms with Crippen LogP contribution in [0, 0.1) is 12.7 Å². The highest BCUT2D eigenvalue weighted by Gasteiger charge is 2.22. The molecule has 0 radical (unpaired) electrons. The van der Waals surface area contributed by atoms with E-state index in [9.17, 15) is 17.6 Å². The van der Waals surface area contributed by atoms with Gasteiger partial charge in [-0.15, -0.1) is 0 Å². The number of aryl methyl sites for hydroxylation is 1. The highest BCUT2D eigenvalue weighted by Crippen LogP contribution is 2.28. The van der Waals surface area contributed by atoms with Gasteiger partial charge < -0.3 is 9.88 Å². The van der Waals surface area contributed by atoms with Crippen molar-refractivity contribution in [2.45, 2.75) is 24.1 Å². The Morgan fingerprint density at radius 2 is 1.90 bits per heavy atom. The minimum absolute atomic E-state index is 0.0778. The number of sulfone groups is 1. The Hall–Kier alpha value is -3.52. The zero-order valence-electron chi connectivity index (χ0n) is 16.7. The van der Waals surface area contributed by atoms with Crippen molar-refractivity contribution in [2.75, 3.05) is 5.32 Å². The normalized spacial score (nSPS) is 11.5. The van der Waals surface area contributed by atoms with Crippen molar-refractivity contribution in [3.05, 3.63) is 90.0 Å². The van der Waals surface area contributed by atoms with Gasteiger partial charge >= 0.3 is 0 Å². The second kappa shape index (κ2) is 8.31. The van der Waals surface area contributed by atoms with Crippen LogP contribution in [-0.4, -0.2) is 23.9 Å². The summed E-state index contributed by atoms with van der Waals surface area (Å²) in [4.78, 5) is 16.8. The summed E-state index contributed by atoms with van der Waals surface area (Å²) in [6.07, 6.45) is 3.07. The maximum atomic E-state index is 13.5. The lowest BCUT2D eigenvalue weighted by molar-refractivity contribution is -0.116. The highest BCUT2D eigenvalue weighted by atomic mass is 32.2. The molecule has 0 aliphatic carbocycles. The predicted octanol–water partition coefficient (Wildman–Crippen LogP) is 4.10. The molecule has 0 fully saturated rings. The third kappa shape index (κ3) is 4.64. The standard InChI is InChI=1S/C23H20FN3O3S/c1-16-9-10-25-22(11-16)26-23(28)14-27-13-21(19-7-2-3-8-20(19)27)31(29,30)15-17-5-4-6-18(24)12-17/h2-13H,14-15H2,1H3,(H,25,26,28). The molecule has 0 unspecified atom stereocenters. The molecule has 0 saturated carbocycles. The first kappa shape index (κ1) is 20.7. The fourth-order valence-electron chi connectivity index (χ4n) is 3.46. The van der Waals surface area contributed by atoms with Crippen LogP contribution in [0.4, 0.5) is 10.2 Å². The minimum Gasteiger partial charge on any atom is -0.337 e. The first-order chi connectivity index (χ1) is 14.8. The van der Waals surface area contributed by atoms with Crippen LogP contribution in [0.5, 0.6) is 0 Å². The highest BCUT2D eigenvalue weighted by molar-refractivity contribution is 7.90. The quantitative estimate of drug-likeness (QED) is 0.493. The van der Waals surface area contributed by atoms with E-state index in [4.69, 9.17) is 0 Å². The van der Waals surface area contributed by atoms with Gasteiger partial charge in [0.2, 0.25) is 5.91 Å². The molecule has 0 atom stereocenters. The number of rotatable bonds is 6. The molecule has 0 saturated heterocycles. The van der Waals surface area contributed by atoms with Crippen LogP contribution >= 0.6 is 0 Å². The molecular weight excluding hydrogens is 417 g/mol. The lowest BCUT2D eigenvalue weighted by atomic mass is 10.2. The molecule has 2 aromatic carbocycles. The van der Waals surface area contributed by atoms with Crippen molar-refractivity contribution < 1.29 is 17.6 Å². The number of para-hydroxylation sites is 1. The summed E-state index contributed by atoms with van der Waals surface area (Å²) in [6.45, 7) is 1.82. The SMILES string of the molecule is Cc1ccnc(NC(=O)Cn2cc(S(=O)(=O)Cc3cccc(F)c3)c3ccccc32)c1. The summed E-state index contributed by atoms with van der Waals surface area (Å²) in [6, 6.07) is 16.1. The summed E-state index contributed by atoms with van der Waals surface area (Å²) in [7, 11) is -3.77. The Kier molecular flexibility index (Phi) is 5.56. The van der Waals surface area contributed by atoms with E-state index in [0.717, 1.165) is 5.56 Å². The van der Waals surface area contributed by atoms with Crippen LogP contribution < -0.4 is 5.32 Å². The number of halogens is 1. The van der Waals surface area contributed by atoms with Gasteiger partial charge in [0.25, 0.3) is 0 Å². The summed E-state index contributed by atoms with van der Waals surface area (Å²) in [5.74, 6) is -0.719. The number of anilines is 1. The molecule has 2 heterocycles. The summed E-state index contributed by atoms with van der Waals surface area (Å²) in [5, 5.41) is 3.24. The number of pyridine rings is 1. The van der Waals surface area contributed by atoms with Gasteiger partial charge in [-0.1, -0.05) is 30.3 Å². The maximum Gasteiger partial charge on any atom is 0.245 e. The number of amides is 1. The van der Waals surface area contributed by atoms with Gasteiger partial charge in [0.15, 0.2) is 9.84 Å². The molecule has 0 bridgehead atoms. The fraction of sp³-hybridized carbons (Fsp3) is 0.130. The molecule has 0 aliphatic rings. The number of hydrogen-bond acceptors (Lipinski definition) is 4. The lowest BCUT2D eigenvalue weighted by Crippen LogP contribution is -2.19. The Labute approximate surface area is 179 Å². The van der Waals surface area contributed by atoms with E-state index in [1.54, 1.807) is 47.2 Å². The van der Waals surface area contributed by atoms with Crippen molar-refractivity contribution in [1.82, 2.24) is 9.55 Å². The number of carbonyl (C=O) groups is 1. The van der Waals surface area contributed by atoms with E-state index in [2.05, 4.69) is 10.3 Å². The van der Waals surface area contributed by atoms with E-state index < -0.39 is 15.7 Å². The van der Waals surface area contributed by atoms with Crippen molar-refractivity contribution in [1.29, 1.82) is 0 Å². The van der Waals surface area contributed by atoms with Gasteiger partial charge in [-0.05, 0) is 48.4 Å². The molecule has 158 valence electrons. The predicted molar refractivity (Wildman–Crippen MR) is 117 cm³/mol. The number of carbonyl (C=O) groups excluding carboxylic acids is 1. The van der Waals surface area contributed by atoms with Crippen LogP contribution in [0.15, 0.2) is 78.0 Å². The molecule has 0 spiro atoms. The van der Waals surface area contributed by atoms with E-state index in [1.807, 2.05) is 13.0 Å². The molecule has 1 amide bonds. The van der Waals surface area contributed by atoms with Crippen molar-refractivity contribution >= 4 is 32.5 Å². The van der Waals surface area contributed by atoms with Crippen LogP contribution in [0.1, 0.15) is 11.1 Å². The van der Waals surface area contributed by atoms with Crippen LogP contribution in [0.25, 0.3) is 10.9 Å². The molecule has 6 nitrogen and oxygen atoms in total. The van der Waals surface area contributed by atoms with Gasteiger partial charge in [-0.2, -0.15) is 0 Å². The van der Waals surface area contributed by atoms with Gasteiger partial charge in [0.1, 0.15) is 18.2 Å². The molecule has 2 aromatic heterocycles. The zero-order chi connectivity index (χ0) is 22.0. The Morgan fingerprint density at radius 3 is 2.68 bits per heavy atom. The summed E-state index contributed by atoms with van der Waals surface area (Å²) >= 11 is 0. The monoisotopic (exact) mass is 437 g/mol. The van der Waals surface area contributed by atoms with Crippen LogP contribution in [0.3, 0.4) is 0 Å². The van der Waals surface area contributed by atoms with E-state index in [1.165, 1.54) is 24.4 Å². The first-order valence-electron chi connectivity index (χ1n) is 9.59. The molecule has 8 heteroatoms. The lowest BCUT2D eigenvalue weighted by Gasteiger charge is -2.07. The van der Waals surface area contributed by atoms with Gasteiger partial charge in [-0.3, -0.25) is 4.79 Å². The smallest absolute Gasteiger partial charge is 0.245 e. The third-order valence-corrected chi connectivity index (χ3v) is 6.54. The third-order valence-electron chi connectivity index (χ3n) is 4.83. The van der Waals surface area contributed by atoms with Gasteiger partial charge in [0.05, 0.1) is 10.6 Å². The Morgan fingerprint density at radius 1 is 1.10 bits per heavy atom. The largest absolute Gasteiger partial charge is 0.337 e. The Bertz CT molecular complexity index is 1380. The number of hydrogen-bond donors (Lipinski definition) is 1. The average molecular weight is 437 g/mol. The van der Waals surface area contributed by atoms with Crippen LogP contribution in [0.2, 0.25) is 0 Å². The zero-order valence-corrected chi connectivity index (χ0v) is 17.6. The average Bonchev–Trinajstić information content (AvgIpc) is 3.07. The fourth-order valence-corrected chi connectivity index (χ4v) is 5.03. The van der Waals surface area contributed by atoms with Crippen molar-refractivity contribution in [3.63, 3.8) is 0 Å². The van der Waals surface area contributed by atoms with Crippen LogP contribution in [-0.2, 0) is 26.9 Å². The van der Waals surface area contributed by atoms with Gasteiger partial charge in [0, 0.05) is 23.3 Å². The maximum absolute atomic E-state index is 13.5. The first-order valence-corrected chi connectivity index (χ1v) is 11.2. The van der Waals surface area contributed by atoms with Crippen molar-refractivity contribution in [2.24, 2.45) is 0 Å². The molecule has 0 aliphatic heterocycles. The molecule has 4 aromatic rings. The van der Waals surface area contributed by atoms with E-state index in [-0.39, 0.29) is 23.1 Å². The van der Waals surface area contributed by atoms with E-state index >= 15 is 0 Å². The Balaban J connectivity index is 1.65. The second-order valence-corrected chi connectivity index (χ2v) is 9.25. The number of aromatic nitrogens is 2. The summed E-state index contributed by atoms with van der Waals surface area (Å²) < 4.78 is 41.3. The molecule has 1 N–H and O–H groups in total. The van der Waals surface area contributed by atoms with E-state index in [0.29, 0.717) is 22.3 Å². The molecule has 31 heavy (non-hydrogen) atoms. The number of nitrogens with one attached hydrogen (secondary N) is 1. The topological polar surface area (TPSA) is 81.1 Å². The molecular formula is C23H20FN3O3S. The second-order valence-electron chi connectivity index (χ2n) is 7.29. The number of benzene rings is 2. The van der Waals surface area contributed by atoms with Gasteiger partial charge in [-0.25, -0.2) is 17.8 Å². The number of nitrogens with zero attached hydrogens (tertiary/aromatic N) is 2. The van der Waals surface area contributed by atoms with Crippen molar-refractivity contribution in [3.8, 4) is 0 Å². The summed E-state index contributed by atoms with van der Waals surface area (Å²) in [5.41, 5.74) is 1.94.